The summed E-state index contributed by atoms with van der Waals surface area (Å²) < 4.78 is 27.4. The van der Waals surface area contributed by atoms with Crippen LogP contribution in [0.1, 0.15) is 27.5 Å². The van der Waals surface area contributed by atoms with E-state index in [1.54, 1.807) is 0 Å². The lowest BCUT2D eigenvalue weighted by Crippen LogP contribution is -2.36. The van der Waals surface area contributed by atoms with Crippen LogP contribution in [0.2, 0.25) is 0 Å². The fourth-order valence-corrected chi connectivity index (χ4v) is 3.92. The average molecular weight is 409 g/mol. The van der Waals surface area contributed by atoms with Crippen molar-refractivity contribution in [3.05, 3.63) is 83.2 Å². The number of nitrogens with zero attached hydrogens (tertiary/aromatic N) is 2. The first kappa shape index (κ1) is 20.0. The molecule has 4 rings (SSSR count). The maximum absolute atomic E-state index is 14.2. The van der Waals surface area contributed by atoms with Crippen molar-refractivity contribution in [3.63, 3.8) is 0 Å². The van der Waals surface area contributed by atoms with Gasteiger partial charge in [0.1, 0.15) is 11.6 Å². The van der Waals surface area contributed by atoms with Gasteiger partial charge in [-0.25, -0.2) is 13.6 Å². The monoisotopic (exact) mass is 409 g/mol. The number of carboxylic acid groups (broad SMARTS) is 1. The molecule has 0 bridgehead atoms. The summed E-state index contributed by atoms with van der Waals surface area (Å²) in [6.07, 6.45) is 3.77. The Morgan fingerprint density at radius 3 is 2.83 bits per heavy atom. The van der Waals surface area contributed by atoms with Crippen molar-refractivity contribution in [2.45, 2.75) is 12.5 Å². The van der Waals surface area contributed by atoms with E-state index < -0.39 is 17.6 Å². The van der Waals surface area contributed by atoms with E-state index in [9.17, 15) is 18.7 Å². The van der Waals surface area contributed by atoms with Gasteiger partial charge in [-0.05, 0) is 48.4 Å². The van der Waals surface area contributed by atoms with Gasteiger partial charge in [0.2, 0.25) is 0 Å². The fourth-order valence-electron chi connectivity index (χ4n) is 3.92. The van der Waals surface area contributed by atoms with Gasteiger partial charge >= 0.3 is 5.97 Å². The van der Waals surface area contributed by atoms with Crippen LogP contribution in [0.5, 0.6) is 0 Å². The Morgan fingerprint density at radius 2 is 2.07 bits per heavy atom. The van der Waals surface area contributed by atoms with E-state index >= 15 is 0 Å². The molecule has 0 radical (unpaired) electrons. The summed E-state index contributed by atoms with van der Waals surface area (Å²) in [6, 6.07) is 10.9. The Hall–Kier alpha value is -3.32. The van der Waals surface area contributed by atoms with Gasteiger partial charge in [-0.3, -0.25) is 9.88 Å². The summed E-state index contributed by atoms with van der Waals surface area (Å²) in [4.78, 5) is 17.6. The van der Waals surface area contributed by atoms with E-state index in [2.05, 4.69) is 15.2 Å². The molecular weight excluding hydrogens is 388 g/mol. The minimum atomic E-state index is -1.01. The SMILES string of the molecule is CN1CCc2cc(-c3ccc(F)cc3F)ccc2[C@@H]1CNc1cnccc1C(=O)O. The summed E-state index contributed by atoms with van der Waals surface area (Å²) in [6.45, 7) is 1.31. The van der Waals surface area contributed by atoms with Crippen LogP contribution in [0.3, 0.4) is 0 Å². The second-order valence-corrected chi connectivity index (χ2v) is 7.39. The predicted octanol–water partition coefficient (Wildman–Crippen LogP) is 4.37. The third-order valence-corrected chi connectivity index (χ3v) is 5.55. The number of halogens is 2. The van der Waals surface area contributed by atoms with E-state index in [0.29, 0.717) is 23.4 Å². The molecule has 0 fully saturated rings. The van der Waals surface area contributed by atoms with E-state index in [1.807, 2.05) is 25.2 Å². The van der Waals surface area contributed by atoms with Crippen LogP contribution in [-0.4, -0.2) is 41.1 Å². The highest BCUT2D eigenvalue weighted by Gasteiger charge is 2.25. The van der Waals surface area contributed by atoms with Gasteiger partial charge in [0.05, 0.1) is 23.5 Å². The molecule has 154 valence electrons. The number of benzene rings is 2. The summed E-state index contributed by atoms with van der Waals surface area (Å²) >= 11 is 0. The molecule has 1 atom stereocenters. The second kappa shape index (κ2) is 8.20. The van der Waals surface area contributed by atoms with Crippen LogP contribution in [0.15, 0.2) is 54.9 Å². The molecule has 0 unspecified atom stereocenters. The molecule has 0 aliphatic carbocycles. The molecule has 5 nitrogen and oxygen atoms in total. The molecule has 0 spiro atoms. The summed E-state index contributed by atoms with van der Waals surface area (Å²) in [5, 5.41) is 12.6. The van der Waals surface area contributed by atoms with Gasteiger partial charge in [-0.15, -0.1) is 0 Å². The maximum Gasteiger partial charge on any atom is 0.337 e. The van der Waals surface area contributed by atoms with Crippen molar-refractivity contribution in [1.82, 2.24) is 9.88 Å². The number of hydrogen-bond donors (Lipinski definition) is 2. The van der Waals surface area contributed by atoms with Crippen molar-refractivity contribution in [3.8, 4) is 11.1 Å². The third-order valence-electron chi connectivity index (χ3n) is 5.55. The van der Waals surface area contributed by atoms with Crippen molar-refractivity contribution in [2.24, 2.45) is 0 Å². The molecule has 2 N–H and O–H groups in total. The smallest absolute Gasteiger partial charge is 0.337 e. The number of aromatic nitrogens is 1. The minimum absolute atomic E-state index is 0.0164. The number of carbonyl (C=O) groups is 1. The molecule has 0 saturated carbocycles. The second-order valence-electron chi connectivity index (χ2n) is 7.39. The molecule has 0 saturated heterocycles. The molecule has 2 heterocycles. The van der Waals surface area contributed by atoms with E-state index in [1.165, 1.54) is 30.6 Å². The summed E-state index contributed by atoms with van der Waals surface area (Å²) in [5.74, 6) is -2.19. The predicted molar refractivity (Wildman–Crippen MR) is 111 cm³/mol. The standard InChI is InChI=1S/C23H21F2N3O2/c1-28-9-7-15-10-14(17-5-3-16(24)11-20(17)25)2-4-18(15)22(28)13-27-21-12-26-8-6-19(21)23(29)30/h2-6,8,10-12,22,27H,7,9,13H2,1H3,(H,29,30)/t22-/m0/s1. The lowest BCUT2D eigenvalue weighted by Gasteiger charge is -2.35. The molecule has 1 aliphatic heterocycles. The number of pyridine rings is 1. The van der Waals surface area contributed by atoms with Crippen LogP contribution in [0.4, 0.5) is 14.5 Å². The van der Waals surface area contributed by atoms with E-state index in [4.69, 9.17) is 0 Å². The van der Waals surface area contributed by atoms with E-state index in [0.717, 1.165) is 30.2 Å². The van der Waals surface area contributed by atoms with Gasteiger partial charge < -0.3 is 10.4 Å². The number of carboxylic acids is 1. The van der Waals surface area contributed by atoms with Crippen molar-refractivity contribution < 1.29 is 18.7 Å². The number of rotatable bonds is 5. The van der Waals surface area contributed by atoms with Crippen molar-refractivity contribution in [1.29, 1.82) is 0 Å². The Bertz CT molecular complexity index is 1100. The first-order valence-corrected chi connectivity index (χ1v) is 9.63. The number of likely N-dealkylation sites (N-methyl/N-ethyl adjacent to an activating group) is 1. The molecular formula is C23H21F2N3O2. The lowest BCUT2D eigenvalue weighted by molar-refractivity contribution is 0.0697. The van der Waals surface area contributed by atoms with Crippen LogP contribution in [-0.2, 0) is 6.42 Å². The third kappa shape index (κ3) is 3.89. The van der Waals surface area contributed by atoms with Gasteiger partial charge in [0.25, 0.3) is 0 Å². The first-order chi connectivity index (χ1) is 14.4. The number of anilines is 1. The van der Waals surface area contributed by atoms with Crippen molar-refractivity contribution in [2.75, 3.05) is 25.5 Å². The topological polar surface area (TPSA) is 65.5 Å². The zero-order valence-electron chi connectivity index (χ0n) is 16.4. The van der Waals surface area contributed by atoms with Crippen LogP contribution in [0, 0.1) is 11.6 Å². The van der Waals surface area contributed by atoms with Crippen LogP contribution >= 0.6 is 0 Å². The number of hydrogen-bond acceptors (Lipinski definition) is 4. The lowest BCUT2D eigenvalue weighted by atomic mass is 9.89. The average Bonchev–Trinajstić information content (AvgIpc) is 2.73. The van der Waals surface area contributed by atoms with Gasteiger partial charge in [0, 0.05) is 30.9 Å². The van der Waals surface area contributed by atoms with Crippen molar-refractivity contribution >= 4 is 11.7 Å². The fraction of sp³-hybridized carbons (Fsp3) is 0.217. The highest BCUT2D eigenvalue weighted by atomic mass is 19.1. The first-order valence-electron chi connectivity index (χ1n) is 9.63. The van der Waals surface area contributed by atoms with Gasteiger partial charge in [-0.1, -0.05) is 18.2 Å². The Morgan fingerprint density at radius 1 is 1.23 bits per heavy atom. The Labute approximate surface area is 173 Å². The quantitative estimate of drug-likeness (QED) is 0.655. The summed E-state index contributed by atoms with van der Waals surface area (Å²) in [7, 11) is 2.02. The molecule has 1 aromatic heterocycles. The molecule has 3 aromatic rings. The zero-order valence-corrected chi connectivity index (χ0v) is 16.4. The maximum atomic E-state index is 14.2. The number of fused-ring (bicyclic) bond motifs is 1. The molecule has 0 amide bonds. The molecule has 7 heteroatoms. The minimum Gasteiger partial charge on any atom is -0.478 e. The van der Waals surface area contributed by atoms with E-state index in [-0.39, 0.29) is 11.6 Å². The number of aromatic carboxylic acids is 1. The normalized spacial score (nSPS) is 16.2. The van der Waals surface area contributed by atoms with Gasteiger partial charge in [-0.2, -0.15) is 0 Å². The van der Waals surface area contributed by atoms with Gasteiger partial charge in [0.15, 0.2) is 0 Å². The Kier molecular flexibility index (Phi) is 5.46. The molecule has 2 aromatic carbocycles. The number of nitrogens with one attached hydrogen (secondary N) is 1. The Balaban J connectivity index is 1.61. The highest BCUT2D eigenvalue weighted by molar-refractivity contribution is 5.93. The molecule has 30 heavy (non-hydrogen) atoms. The molecule has 1 aliphatic rings. The largest absolute Gasteiger partial charge is 0.478 e. The van der Waals surface area contributed by atoms with Crippen LogP contribution in [0.25, 0.3) is 11.1 Å². The summed E-state index contributed by atoms with van der Waals surface area (Å²) in [5.41, 5.74) is 3.92. The highest BCUT2D eigenvalue weighted by Crippen LogP contribution is 2.33. The zero-order chi connectivity index (χ0) is 21.3. The van der Waals surface area contributed by atoms with Crippen LogP contribution < -0.4 is 5.32 Å².